The van der Waals surface area contributed by atoms with Crippen LogP contribution in [-0.2, 0) is 13.0 Å². The van der Waals surface area contributed by atoms with Gasteiger partial charge in [0, 0.05) is 11.4 Å². The zero-order chi connectivity index (χ0) is 14.5. The zero-order valence-electron chi connectivity index (χ0n) is 12.1. The molecule has 0 bridgehead atoms. The molecule has 5 heteroatoms. The SMILES string of the molecule is Cc1cccc(CNC(=O)c2cc(CC(C)C)[nH]n2)n1. The second-order valence-corrected chi connectivity index (χ2v) is 5.33. The van der Waals surface area contributed by atoms with Gasteiger partial charge >= 0.3 is 0 Å². The van der Waals surface area contributed by atoms with Crippen molar-refractivity contribution in [2.75, 3.05) is 0 Å². The molecule has 0 aliphatic rings. The molecule has 0 fully saturated rings. The van der Waals surface area contributed by atoms with E-state index in [4.69, 9.17) is 0 Å². The first-order chi connectivity index (χ1) is 9.54. The number of hydrogen-bond acceptors (Lipinski definition) is 3. The van der Waals surface area contributed by atoms with Crippen molar-refractivity contribution in [3.8, 4) is 0 Å². The third-order valence-corrected chi connectivity index (χ3v) is 2.87. The van der Waals surface area contributed by atoms with Gasteiger partial charge in [0.05, 0.1) is 12.2 Å². The number of H-pyrrole nitrogens is 1. The molecule has 0 saturated heterocycles. The van der Waals surface area contributed by atoms with Gasteiger partial charge in [-0.1, -0.05) is 19.9 Å². The van der Waals surface area contributed by atoms with Crippen molar-refractivity contribution in [3.63, 3.8) is 0 Å². The predicted molar refractivity (Wildman–Crippen MR) is 77.3 cm³/mol. The summed E-state index contributed by atoms with van der Waals surface area (Å²) in [5, 5.41) is 9.77. The van der Waals surface area contributed by atoms with Crippen molar-refractivity contribution in [2.45, 2.75) is 33.7 Å². The maximum atomic E-state index is 12.0. The van der Waals surface area contributed by atoms with Gasteiger partial charge in [-0.3, -0.25) is 14.9 Å². The van der Waals surface area contributed by atoms with Gasteiger partial charge in [0.2, 0.25) is 0 Å². The minimum Gasteiger partial charge on any atom is -0.345 e. The molecular weight excluding hydrogens is 252 g/mol. The number of aromatic nitrogens is 3. The van der Waals surface area contributed by atoms with Crippen molar-refractivity contribution in [1.29, 1.82) is 0 Å². The summed E-state index contributed by atoms with van der Waals surface area (Å²) in [6.45, 7) is 6.60. The number of nitrogens with zero attached hydrogens (tertiary/aromatic N) is 2. The number of carbonyl (C=O) groups is 1. The third-order valence-electron chi connectivity index (χ3n) is 2.87. The average molecular weight is 272 g/mol. The van der Waals surface area contributed by atoms with E-state index in [1.54, 1.807) is 6.07 Å². The van der Waals surface area contributed by atoms with Crippen LogP contribution in [0.25, 0.3) is 0 Å². The van der Waals surface area contributed by atoms with Crippen molar-refractivity contribution in [2.24, 2.45) is 5.92 Å². The van der Waals surface area contributed by atoms with Gasteiger partial charge in [0.15, 0.2) is 0 Å². The Labute approximate surface area is 118 Å². The van der Waals surface area contributed by atoms with Crippen LogP contribution < -0.4 is 5.32 Å². The van der Waals surface area contributed by atoms with Crippen LogP contribution in [0.2, 0.25) is 0 Å². The molecule has 0 atom stereocenters. The van der Waals surface area contributed by atoms with Crippen molar-refractivity contribution >= 4 is 5.91 Å². The fourth-order valence-electron chi connectivity index (χ4n) is 1.98. The van der Waals surface area contributed by atoms with Crippen molar-refractivity contribution in [1.82, 2.24) is 20.5 Å². The van der Waals surface area contributed by atoms with Gasteiger partial charge in [0.25, 0.3) is 5.91 Å². The Balaban J connectivity index is 1.93. The molecule has 106 valence electrons. The van der Waals surface area contributed by atoms with Gasteiger partial charge in [-0.05, 0) is 37.5 Å². The summed E-state index contributed by atoms with van der Waals surface area (Å²) < 4.78 is 0. The second kappa shape index (κ2) is 6.32. The van der Waals surface area contributed by atoms with Crippen LogP contribution in [0.15, 0.2) is 24.3 Å². The first kappa shape index (κ1) is 14.2. The van der Waals surface area contributed by atoms with E-state index < -0.39 is 0 Å². The topological polar surface area (TPSA) is 70.7 Å². The first-order valence-corrected chi connectivity index (χ1v) is 6.79. The quantitative estimate of drug-likeness (QED) is 0.877. The lowest BCUT2D eigenvalue weighted by Crippen LogP contribution is -2.23. The first-order valence-electron chi connectivity index (χ1n) is 6.79. The maximum Gasteiger partial charge on any atom is 0.272 e. The highest BCUT2D eigenvalue weighted by Crippen LogP contribution is 2.07. The normalized spacial score (nSPS) is 10.8. The Morgan fingerprint density at radius 1 is 1.40 bits per heavy atom. The maximum absolute atomic E-state index is 12.0. The van der Waals surface area contributed by atoms with Crippen LogP contribution in [0.3, 0.4) is 0 Å². The fraction of sp³-hybridized carbons (Fsp3) is 0.400. The predicted octanol–water partition coefficient (Wildman–Crippen LogP) is 2.24. The Bertz CT molecular complexity index is 589. The largest absolute Gasteiger partial charge is 0.345 e. The number of hydrogen-bond donors (Lipinski definition) is 2. The highest BCUT2D eigenvalue weighted by atomic mass is 16.1. The number of aryl methyl sites for hydroxylation is 1. The zero-order valence-corrected chi connectivity index (χ0v) is 12.1. The van der Waals surface area contributed by atoms with Crippen molar-refractivity contribution in [3.05, 3.63) is 47.0 Å². The van der Waals surface area contributed by atoms with Crippen LogP contribution in [0, 0.1) is 12.8 Å². The third kappa shape index (κ3) is 3.91. The van der Waals surface area contributed by atoms with E-state index in [0.29, 0.717) is 18.2 Å². The van der Waals surface area contributed by atoms with Gasteiger partial charge in [-0.25, -0.2) is 0 Å². The van der Waals surface area contributed by atoms with Gasteiger partial charge in [0.1, 0.15) is 5.69 Å². The summed E-state index contributed by atoms with van der Waals surface area (Å²) in [4.78, 5) is 16.3. The van der Waals surface area contributed by atoms with E-state index in [1.807, 2.05) is 25.1 Å². The summed E-state index contributed by atoms with van der Waals surface area (Å²) in [6, 6.07) is 7.55. The van der Waals surface area contributed by atoms with E-state index in [1.165, 1.54) is 0 Å². The van der Waals surface area contributed by atoms with Gasteiger partial charge in [-0.15, -0.1) is 0 Å². The number of carbonyl (C=O) groups excluding carboxylic acids is 1. The van der Waals surface area contributed by atoms with E-state index in [0.717, 1.165) is 23.5 Å². The highest BCUT2D eigenvalue weighted by Gasteiger charge is 2.11. The molecule has 2 aromatic heterocycles. The lowest BCUT2D eigenvalue weighted by Gasteiger charge is -2.03. The van der Waals surface area contributed by atoms with E-state index >= 15 is 0 Å². The van der Waals surface area contributed by atoms with Crippen LogP contribution in [0.5, 0.6) is 0 Å². The second-order valence-electron chi connectivity index (χ2n) is 5.33. The molecule has 0 aliphatic carbocycles. The summed E-state index contributed by atoms with van der Waals surface area (Å²) >= 11 is 0. The summed E-state index contributed by atoms with van der Waals surface area (Å²) in [5.74, 6) is 0.349. The molecule has 0 radical (unpaired) electrons. The van der Waals surface area contributed by atoms with Gasteiger partial charge in [-0.2, -0.15) is 5.10 Å². The molecule has 0 aliphatic heterocycles. The average Bonchev–Trinajstić information content (AvgIpc) is 2.84. The molecule has 1 amide bonds. The number of rotatable bonds is 5. The summed E-state index contributed by atoms with van der Waals surface area (Å²) in [7, 11) is 0. The van der Waals surface area contributed by atoms with E-state index in [2.05, 4.69) is 34.3 Å². The standard InChI is InChI=1S/C15H20N4O/c1-10(2)7-13-8-14(19-18-13)15(20)16-9-12-6-4-5-11(3)17-12/h4-6,8,10H,7,9H2,1-3H3,(H,16,20)(H,18,19). The molecule has 0 unspecified atom stereocenters. The molecule has 5 nitrogen and oxygen atoms in total. The van der Waals surface area contributed by atoms with E-state index in [9.17, 15) is 4.79 Å². The van der Waals surface area contributed by atoms with Crippen LogP contribution in [0.4, 0.5) is 0 Å². The molecule has 2 heterocycles. The van der Waals surface area contributed by atoms with Crippen LogP contribution >= 0.6 is 0 Å². The molecule has 0 aromatic carbocycles. The number of amides is 1. The highest BCUT2D eigenvalue weighted by molar-refractivity contribution is 5.92. The summed E-state index contributed by atoms with van der Waals surface area (Å²) in [6.07, 6.45) is 0.889. The Morgan fingerprint density at radius 2 is 2.20 bits per heavy atom. The smallest absolute Gasteiger partial charge is 0.272 e. The van der Waals surface area contributed by atoms with Gasteiger partial charge < -0.3 is 5.32 Å². The molecule has 2 rings (SSSR count). The molecule has 20 heavy (non-hydrogen) atoms. The molecule has 0 saturated carbocycles. The number of aromatic amines is 1. The Morgan fingerprint density at radius 3 is 2.90 bits per heavy atom. The Hall–Kier alpha value is -2.17. The summed E-state index contributed by atoms with van der Waals surface area (Å²) in [5.41, 5.74) is 3.19. The number of pyridine rings is 1. The minimum absolute atomic E-state index is 0.181. The monoisotopic (exact) mass is 272 g/mol. The van der Waals surface area contributed by atoms with Crippen LogP contribution in [0.1, 0.15) is 41.4 Å². The molecule has 2 aromatic rings. The lowest BCUT2D eigenvalue weighted by atomic mass is 10.1. The lowest BCUT2D eigenvalue weighted by molar-refractivity contribution is 0.0945. The fourth-order valence-corrected chi connectivity index (χ4v) is 1.98. The van der Waals surface area contributed by atoms with E-state index in [-0.39, 0.29) is 5.91 Å². The number of nitrogens with one attached hydrogen (secondary N) is 2. The van der Waals surface area contributed by atoms with Crippen molar-refractivity contribution < 1.29 is 4.79 Å². The Kier molecular flexibility index (Phi) is 4.50. The molecule has 0 spiro atoms. The molecular formula is C15H20N4O. The molecule has 2 N–H and O–H groups in total. The minimum atomic E-state index is -0.181. The van der Waals surface area contributed by atoms with Crippen LogP contribution in [-0.4, -0.2) is 21.1 Å².